The molecule has 4 unspecified atom stereocenters. The number of allylic oxidation sites excluding steroid dienone is 2. The summed E-state index contributed by atoms with van der Waals surface area (Å²) in [5.74, 6) is -2.30. The minimum Gasteiger partial charge on any atom is -0.481 e. The minimum absolute atomic E-state index is 0.0166. The summed E-state index contributed by atoms with van der Waals surface area (Å²) in [4.78, 5) is 24.5. The summed E-state index contributed by atoms with van der Waals surface area (Å²) < 4.78 is 0. The first kappa shape index (κ1) is 15.0. The van der Waals surface area contributed by atoms with Crippen molar-refractivity contribution in [2.45, 2.75) is 12.8 Å². The molecule has 2 bridgehead atoms. The Balaban J connectivity index is 1.61. The maximum atomic E-state index is 12.7. The number of hydrogen-bond acceptors (Lipinski definition) is 2. The predicted molar refractivity (Wildman–Crippen MR) is 87.5 cm³/mol. The highest BCUT2D eigenvalue weighted by Crippen LogP contribution is 2.72. The fourth-order valence-electron chi connectivity index (χ4n) is 4.49. The highest BCUT2D eigenvalue weighted by Gasteiger charge is 2.70. The Bertz CT molecular complexity index is 741. The van der Waals surface area contributed by atoms with Crippen LogP contribution in [-0.2, 0) is 9.59 Å². The van der Waals surface area contributed by atoms with Gasteiger partial charge in [0.05, 0.1) is 21.9 Å². The molecule has 1 aromatic carbocycles. The monoisotopic (exact) mass is 351 g/mol. The third-order valence-corrected chi connectivity index (χ3v) is 6.36. The van der Waals surface area contributed by atoms with Gasteiger partial charge in [-0.1, -0.05) is 35.4 Å². The Kier molecular flexibility index (Phi) is 3.26. The first-order valence-electron chi connectivity index (χ1n) is 7.61. The molecule has 1 aromatic rings. The lowest BCUT2D eigenvalue weighted by atomic mass is 9.82. The third kappa shape index (κ3) is 2.12. The summed E-state index contributed by atoms with van der Waals surface area (Å²) in [6.07, 6.45) is 6.06. The molecule has 1 amide bonds. The van der Waals surface area contributed by atoms with Gasteiger partial charge >= 0.3 is 5.97 Å². The fourth-order valence-corrected chi connectivity index (χ4v) is 4.79. The number of carboxylic acid groups (broad SMARTS) is 1. The van der Waals surface area contributed by atoms with E-state index < -0.39 is 17.8 Å². The van der Waals surface area contributed by atoms with Crippen LogP contribution < -0.4 is 5.32 Å². The molecule has 120 valence electrons. The van der Waals surface area contributed by atoms with Gasteiger partial charge in [-0.3, -0.25) is 9.59 Å². The zero-order chi connectivity index (χ0) is 16.4. The molecule has 0 heterocycles. The van der Waals surface area contributed by atoms with Gasteiger partial charge in [-0.15, -0.1) is 0 Å². The van der Waals surface area contributed by atoms with Crippen molar-refractivity contribution in [3.63, 3.8) is 0 Å². The van der Waals surface area contributed by atoms with E-state index in [0.717, 1.165) is 12.8 Å². The topological polar surface area (TPSA) is 66.4 Å². The smallest absolute Gasteiger partial charge is 0.307 e. The Morgan fingerprint density at radius 1 is 1.09 bits per heavy atom. The highest BCUT2D eigenvalue weighted by molar-refractivity contribution is 6.42. The van der Waals surface area contributed by atoms with Crippen LogP contribution in [0.5, 0.6) is 0 Å². The summed E-state index contributed by atoms with van der Waals surface area (Å²) in [6, 6.07) is 4.85. The Labute approximate surface area is 143 Å². The zero-order valence-corrected chi connectivity index (χ0v) is 13.6. The molecule has 2 N–H and O–H groups in total. The van der Waals surface area contributed by atoms with Crippen LogP contribution in [0.3, 0.4) is 0 Å². The lowest BCUT2D eigenvalue weighted by molar-refractivity contribution is -0.146. The van der Waals surface area contributed by atoms with Gasteiger partial charge in [-0.2, -0.15) is 0 Å². The number of benzene rings is 1. The van der Waals surface area contributed by atoms with Crippen molar-refractivity contribution in [3.8, 4) is 0 Å². The molecular weight excluding hydrogens is 337 g/mol. The van der Waals surface area contributed by atoms with Gasteiger partial charge in [0.25, 0.3) is 0 Å². The van der Waals surface area contributed by atoms with E-state index in [1.807, 2.05) is 12.2 Å². The predicted octanol–water partition coefficient (Wildman–Crippen LogP) is 3.84. The van der Waals surface area contributed by atoms with Crippen molar-refractivity contribution in [1.82, 2.24) is 0 Å². The molecular formula is C17H15Cl2NO3. The second kappa shape index (κ2) is 4.99. The number of anilines is 1. The van der Waals surface area contributed by atoms with E-state index in [9.17, 15) is 14.7 Å². The molecule has 2 fully saturated rings. The van der Waals surface area contributed by atoms with Crippen molar-refractivity contribution in [3.05, 3.63) is 40.4 Å². The van der Waals surface area contributed by atoms with Crippen LogP contribution >= 0.6 is 23.2 Å². The second-order valence-electron chi connectivity index (χ2n) is 6.68. The summed E-state index contributed by atoms with van der Waals surface area (Å²) in [7, 11) is 0. The number of carbonyl (C=O) groups is 2. The zero-order valence-electron chi connectivity index (χ0n) is 12.1. The van der Waals surface area contributed by atoms with E-state index in [-0.39, 0.29) is 23.2 Å². The van der Waals surface area contributed by atoms with Gasteiger partial charge in [0, 0.05) is 5.69 Å². The van der Waals surface area contributed by atoms with Gasteiger partial charge in [0.15, 0.2) is 0 Å². The van der Waals surface area contributed by atoms with Crippen molar-refractivity contribution in [1.29, 1.82) is 0 Å². The van der Waals surface area contributed by atoms with E-state index in [4.69, 9.17) is 23.2 Å². The van der Waals surface area contributed by atoms with Crippen LogP contribution in [0.15, 0.2) is 30.4 Å². The van der Waals surface area contributed by atoms with Gasteiger partial charge in [-0.05, 0) is 48.3 Å². The molecule has 0 aliphatic heterocycles. The van der Waals surface area contributed by atoms with E-state index in [0.29, 0.717) is 15.7 Å². The van der Waals surface area contributed by atoms with Crippen molar-refractivity contribution < 1.29 is 14.7 Å². The standard InChI is InChI=1S/C17H15Cl2NO3/c18-11-4-1-8(7-12(11)19)20-15(21)13-9-2-3-10(14(13)16(22)23)17(9)5-6-17/h1-4,7,9-10,13-14H,5-6H2,(H,20,21)(H,22,23). The number of carboxylic acids is 1. The number of nitrogens with one attached hydrogen (secondary N) is 1. The molecule has 2 saturated carbocycles. The Morgan fingerprint density at radius 3 is 2.30 bits per heavy atom. The SMILES string of the molecule is O=C(O)C1C(C(=O)Nc2ccc(Cl)c(Cl)c2)C2C=CC1C21CC1. The number of hydrogen-bond donors (Lipinski definition) is 2. The maximum absolute atomic E-state index is 12.7. The molecule has 4 rings (SSSR count). The summed E-state index contributed by atoms with van der Waals surface area (Å²) in [5.41, 5.74) is 0.549. The van der Waals surface area contributed by atoms with Crippen LogP contribution in [0.2, 0.25) is 10.0 Å². The van der Waals surface area contributed by atoms with Crippen LogP contribution in [-0.4, -0.2) is 17.0 Å². The van der Waals surface area contributed by atoms with Gasteiger partial charge < -0.3 is 10.4 Å². The summed E-state index contributed by atoms with van der Waals surface area (Å²) in [6.45, 7) is 0. The molecule has 6 heteroatoms. The molecule has 4 nitrogen and oxygen atoms in total. The molecule has 0 radical (unpaired) electrons. The van der Waals surface area contributed by atoms with E-state index >= 15 is 0 Å². The summed E-state index contributed by atoms with van der Waals surface area (Å²) in [5, 5.41) is 13.2. The average Bonchev–Trinajstić information content (AvgIpc) is 3.16. The van der Waals surface area contributed by atoms with Gasteiger partial charge in [0.1, 0.15) is 0 Å². The fraction of sp³-hybridized carbons (Fsp3) is 0.412. The number of rotatable bonds is 3. The van der Waals surface area contributed by atoms with E-state index in [2.05, 4.69) is 5.32 Å². The molecule has 1 spiro atoms. The van der Waals surface area contributed by atoms with Gasteiger partial charge in [-0.25, -0.2) is 0 Å². The van der Waals surface area contributed by atoms with Crippen LogP contribution in [0.1, 0.15) is 12.8 Å². The molecule has 0 aromatic heterocycles. The molecule has 3 aliphatic carbocycles. The lowest BCUT2D eigenvalue weighted by Crippen LogP contribution is -2.36. The van der Waals surface area contributed by atoms with E-state index in [1.54, 1.807) is 18.2 Å². The number of carbonyl (C=O) groups excluding carboxylic acids is 1. The lowest BCUT2D eigenvalue weighted by Gasteiger charge is -2.23. The molecule has 4 atom stereocenters. The number of halogens is 2. The number of amides is 1. The largest absolute Gasteiger partial charge is 0.481 e. The third-order valence-electron chi connectivity index (χ3n) is 5.62. The highest BCUT2D eigenvalue weighted by atomic mass is 35.5. The van der Waals surface area contributed by atoms with Crippen molar-refractivity contribution >= 4 is 40.8 Å². The molecule has 23 heavy (non-hydrogen) atoms. The number of aliphatic carboxylic acids is 1. The molecule has 0 saturated heterocycles. The van der Waals surface area contributed by atoms with Crippen LogP contribution in [0, 0.1) is 29.1 Å². The second-order valence-corrected chi connectivity index (χ2v) is 7.49. The van der Waals surface area contributed by atoms with E-state index in [1.165, 1.54) is 0 Å². The Hall–Kier alpha value is -1.52. The maximum Gasteiger partial charge on any atom is 0.307 e. The van der Waals surface area contributed by atoms with Crippen LogP contribution in [0.4, 0.5) is 5.69 Å². The normalized spacial score (nSPS) is 32.3. The van der Waals surface area contributed by atoms with Gasteiger partial charge in [0.2, 0.25) is 5.91 Å². The van der Waals surface area contributed by atoms with Crippen molar-refractivity contribution in [2.24, 2.45) is 29.1 Å². The van der Waals surface area contributed by atoms with Crippen molar-refractivity contribution in [2.75, 3.05) is 5.32 Å². The minimum atomic E-state index is -0.887. The summed E-state index contributed by atoms with van der Waals surface area (Å²) >= 11 is 11.8. The average molecular weight is 352 g/mol. The first-order chi connectivity index (χ1) is 10.9. The Morgan fingerprint density at radius 2 is 1.74 bits per heavy atom. The molecule has 3 aliphatic rings. The first-order valence-corrected chi connectivity index (χ1v) is 8.37. The van der Waals surface area contributed by atoms with Crippen LogP contribution in [0.25, 0.3) is 0 Å². The quantitative estimate of drug-likeness (QED) is 0.813.